The lowest BCUT2D eigenvalue weighted by atomic mass is 10.00. The highest BCUT2D eigenvalue weighted by atomic mass is 35.5. The van der Waals surface area contributed by atoms with Gasteiger partial charge in [-0.2, -0.15) is 0 Å². The molecule has 5 heteroatoms. The predicted octanol–water partition coefficient (Wildman–Crippen LogP) is 5.15. The lowest BCUT2D eigenvalue weighted by Crippen LogP contribution is -1.91. The van der Waals surface area contributed by atoms with Gasteiger partial charge in [0, 0.05) is 40.7 Å². The van der Waals surface area contributed by atoms with Crippen molar-refractivity contribution in [2.24, 2.45) is 0 Å². The van der Waals surface area contributed by atoms with Gasteiger partial charge in [0.1, 0.15) is 5.82 Å². The molecule has 0 saturated carbocycles. The topological polar surface area (TPSA) is 38.7 Å². The fourth-order valence-electron chi connectivity index (χ4n) is 2.62. The number of pyridine rings is 3. The molecule has 4 aromatic rings. The average Bonchev–Trinajstić information content (AvgIpc) is 2.63. The van der Waals surface area contributed by atoms with Gasteiger partial charge in [0.05, 0.1) is 10.7 Å². The summed E-state index contributed by atoms with van der Waals surface area (Å²) >= 11 is 5.92. The molecule has 0 spiro atoms. The first kappa shape index (κ1) is 14.7. The van der Waals surface area contributed by atoms with Crippen molar-refractivity contribution in [1.29, 1.82) is 0 Å². The summed E-state index contributed by atoms with van der Waals surface area (Å²) in [6.07, 6.45) is 5.18. The molecule has 0 atom stereocenters. The highest BCUT2D eigenvalue weighted by molar-refractivity contribution is 6.31. The van der Waals surface area contributed by atoms with Crippen LogP contribution >= 0.6 is 11.6 Å². The van der Waals surface area contributed by atoms with Crippen molar-refractivity contribution < 1.29 is 4.39 Å². The van der Waals surface area contributed by atoms with Gasteiger partial charge in [-0.1, -0.05) is 17.7 Å². The first-order chi connectivity index (χ1) is 11.7. The average molecular weight is 336 g/mol. The molecule has 4 rings (SSSR count). The Morgan fingerprint density at radius 1 is 0.833 bits per heavy atom. The van der Waals surface area contributed by atoms with E-state index in [2.05, 4.69) is 15.0 Å². The molecule has 0 aliphatic carbocycles. The second-order valence-electron chi connectivity index (χ2n) is 5.30. The number of nitrogens with zero attached hydrogens (tertiary/aromatic N) is 3. The van der Waals surface area contributed by atoms with Crippen LogP contribution in [-0.4, -0.2) is 15.0 Å². The fraction of sp³-hybridized carbons (Fsp3) is 0. The molecule has 0 unspecified atom stereocenters. The quantitative estimate of drug-likeness (QED) is 0.508. The van der Waals surface area contributed by atoms with Crippen LogP contribution in [0, 0.1) is 5.82 Å². The summed E-state index contributed by atoms with van der Waals surface area (Å²) in [5, 5.41) is 1.02. The molecule has 3 aromatic heterocycles. The van der Waals surface area contributed by atoms with Gasteiger partial charge in [0.15, 0.2) is 5.65 Å². The normalized spacial score (nSPS) is 10.9. The number of hydrogen-bond donors (Lipinski definition) is 0. The van der Waals surface area contributed by atoms with Crippen molar-refractivity contribution in [3.05, 3.63) is 78.0 Å². The van der Waals surface area contributed by atoms with E-state index in [-0.39, 0.29) is 5.02 Å². The Morgan fingerprint density at radius 2 is 1.67 bits per heavy atom. The Labute approximate surface area is 142 Å². The summed E-state index contributed by atoms with van der Waals surface area (Å²) in [6, 6.07) is 14.3. The Balaban J connectivity index is 1.90. The largest absolute Gasteiger partial charge is 0.256 e. The van der Waals surface area contributed by atoms with Gasteiger partial charge in [0.25, 0.3) is 0 Å². The lowest BCUT2D eigenvalue weighted by Gasteiger charge is -2.10. The SMILES string of the molecule is Fc1ccc(-c2ncccc2-c2cnc3ncccc3c2)cc1Cl. The summed E-state index contributed by atoms with van der Waals surface area (Å²) < 4.78 is 13.4. The Hall–Kier alpha value is -2.85. The highest BCUT2D eigenvalue weighted by Gasteiger charge is 2.11. The van der Waals surface area contributed by atoms with Crippen LogP contribution in [0.1, 0.15) is 0 Å². The van der Waals surface area contributed by atoms with Crippen LogP contribution < -0.4 is 0 Å². The number of benzene rings is 1. The number of aromatic nitrogens is 3. The van der Waals surface area contributed by atoms with E-state index in [1.54, 1.807) is 30.7 Å². The summed E-state index contributed by atoms with van der Waals surface area (Å²) in [5.74, 6) is -0.448. The van der Waals surface area contributed by atoms with Gasteiger partial charge in [0.2, 0.25) is 0 Å². The zero-order chi connectivity index (χ0) is 16.5. The standard InChI is InChI=1S/C19H11ClFN3/c20-16-10-12(5-6-17(16)21)18-15(4-2-7-22-18)14-9-13-3-1-8-23-19(13)24-11-14/h1-11H. The summed E-state index contributed by atoms with van der Waals surface area (Å²) in [5.41, 5.74) is 3.99. The molecule has 24 heavy (non-hydrogen) atoms. The smallest absolute Gasteiger partial charge is 0.159 e. The third-order valence-corrected chi connectivity index (χ3v) is 4.06. The number of hydrogen-bond acceptors (Lipinski definition) is 3. The maximum atomic E-state index is 13.4. The van der Waals surface area contributed by atoms with E-state index in [4.69, 9.17) is 11.6 Å². The van der Waals surface area contributed by atoms with E-state index in [9.17, 15) is 4.39 Å². The van der Waals surface area contributed by atoms with Crippen molar-refractivity contribution in [2.75, 3.05) is 0 Å². The van der Waals surface area contributed by atoms with E-state index < -0.39 is 5.82 Å². The third-order valence-electron chi connectivity index (χ3n) is 3.77. The van der Waals surface area contributed by atoms with Crippen LogP contribution in [0.2, 0.25) is 5.02 Å². The molecular formula is C19H11ClFN3. The van der Waals surface area contributed by atoms with Crippen LogP contribution in [0.15, 0.2) is 67.1 Å². The summed E-state index contributed by atoms with van der Waals surface area (Å²) in [6.45, 7) is 0. The van der Waals surface area contributed by atoms with Gasteiger partial charge < -0.3 is 0 Å². The number of halogens is 2. The molecule has 0 aliphatic rings. The van der Waals surface area contributed by atoms with Crippen LogP contribution in [0.4, 0.5) is 4.39 Å². The lowest BCUT2D eigenvalue weighted by molar-refractivity contribution is 0.628. The van der Waals surface area contributed by atoms with Crippen molar-refractivity contribution >= 4 is 22.6 Å². The fourth-order valence-corrected chi connectivity index (χ4v) is 2.80. The first-order valence-electron chi connectivity index (χ1n) is 7.34. The minimum atomic E-state index is -0.448. The van der Waals surface area contributed by atoms with Crippen molar-refractivity contribution in [3.8, 4) is 22.4 Å². The molecule has 1 aromatic carbocycles. The minimum Gasteiger partial charge on any atom is -0.256 e. The second-order valence-corrected chi connectivity index (χ2v) is 5.71. The predicted molar refractivity (Wildman–Crippen MR) is 93.2 cm³/mol. The molecule has 0 fully saturated rings. The molecule has 0 saturated heterocycles. The molecular weight excluding hydrogens is 325 g/mol. The summed E-state index contributed by atoms with van der Waals surface area (Å²) in [7, 11) is 0. The van der Waals surface area contributed by atoms with Crippen LogP contribution in [0.5, 0.6) is 0 Å². The zero-order valence-electron chi connectivity index (χ0n) is 12.4. The van der Waals surface area contributed by atoms with Crippen LogP contribution in [0.3, 0.4) is 0 Å². The minimum absolute atomic E-state index is 0.0740. The van der Waals surface area contributed by atoms with Gasteiger partial charge in [-0.3, -0.25) is 4.98 Å². The van der Waals surface area contributed by atoms with E-state index in [1.807, 2.05) is 30.3 Å². The molecule has 3 heterocycles. The monoisotopic (exact) mass is 335 g/mol. The third kappa shape index (κ3) is 2.61. The maximum Gasteiger partial charge on any atom is 0.159 e. The highest BCUT2D eigenvalue weighted by Crippen LogP contribution is 2.32. The summed E-state index contributed by atoms with van der Waals surface area (Å²) in [4.78, 5) is 13.1. The second kappa shape index (κ2) is 5.98. The van der Waals surface area contributed by atoms with Crippen LogP contribution in [0.25, 0.3) is 33.4 Å². The van der Waals surface area contributed by atoms with E-state index in [1.165, 1.54) is 6.07 Å². The molecule has 0 radical (unpaired) electrons. The molecule has 0 amide bonds. The Kier molecular flexibility index (Phi) is 3.67. The van der Waals surface area contributed by atoms with E-state index >= 15 is 0 Å². The number of rotatable bonds is 2. The van der Waals surface area contributed by atoms with Gasteiger partial charge in [-0.25, -0.2) is 14.4 Å². The Bertz CT molecular complexity index is 1050. The molecule has 116 valence electrons. The molecule has 0 N–H and O–H groups in total. The van der Waals surface area contributed by atoms with Crippen molar-refractivity contribution in [2.45, 2.75) is 0 Å². The maximum absolute atomic E-state index is 13.4. The van der Waals surface area contributed by atoms with Gasteiger partial charge in [-0.05, 0) is 42.5 Å². The van der Waals surface area contributed by atoms with Crippen molar-refractivity contribution in [3.63, 3.8) is 0 Å². The van der Waals surface area contributed by atoms with E-state index in [0.717, 1.165) is 27.8 Å². The van der Waals surface area contributed by atoms with Gasteiger partial charge >= 0.3 is 0 Å². The molecule has 0 aliphatic heterocycles. The van der Waals surface area contributed by atoms with Crippen molar-refractivity contribution in [1.82, 2.24) is 15.0 Å². The van der Waals surface area contributed by atoms with E-state index in [0.29, 0.717) is 5.65 Å². The first-order valence-corrected chi connectivity index (χ1v) is 7.72. The zero-order valence-corrected chi connectivity index (χ0v) is 13.2. The van der Waals surface area contributed by atoms with Gasteiger partial charge in [-0.15, -0.1) is 0 Å². The van der Waals surface area contributed by atoms with Crippen LogP contribution in [-0.2, 0) is 0 Å². The molecule has 3 nitrogen and oxygen atoms in total. The number of fused-ring (bicyclic) bond motifs is 1. The molecule has 0 bridgehead atoms. The Morgan fingerprint density at radius 3 is 2.54 bits per heavy atom.